The summed E-state index contributed by atoms with van der Waals surface area (Å²) in [5.74, 6) is -0.631. The number of carbonyl (C=O) groups is 1. The SMILES string of the molecule is Cc1cccc([C@H](C)OC(=O)c2c(C)c(C)n[nH]c2=O)c1. The number of hydrogen-bond donors (Lipinski definition) is 1. The fourth-order valence-electron chi connectivity index (χ4n) is 2.08. The van der Waals surface area contributed by atoms with Crippen LogP contribution < -0.4 is 5.56 Å². The van der Waals surface area contributed by atoms with Gasteiger partial charge in [-0.05, 0) is 38.8 Å². The minimum absolute atomic E-state index is 0.0157. The van der Waals surface area contributed by atoms with Gasteiger partial charge in [0.05, 0.1) is 5.69 Å². The molecule has 0 aliphatic carbocycles. The van der Waals surface area contributed by atoms with E-state index in [9.17, 15) is 9.59 Å². The summed E-state index contributed by atoms with van der Waals surface area (Å²) in [6.07, 6.45) is -0.426. The predicted octanol–water partition coefficient (Wildman–Crippen LogP) is 2.61. The van der Waals surface area contributed by atoms with E-state index in [1.807, 2.05) is 31.2 Å². The Balaban J connectivity index is 2.27. The highest BCUT2D eigenvalue weighted by molar-refractivity contribution is 5.90. The highest BCUT2D eigenvalue weighted by Gasteiger charge is 2.20. The van der Waals surface area contributed by atoms with Crippen LogP contribution in [-0.4, -0.2) is 16.2 Å². The Morgan fingerprint density at radius 3 is 2.67 bits per heavy atom. The molecule has 1 aromatic carbocycles. The van der Waals surface area contributed by atoms with Gasteiger partial charge in [0.15, 0.2) is 0 Å². The Labute approximate surface area is 123 Å². The highest BCUT2D eigenvalue weighted by Crippen LogP contribution is 2.19. The number of ether oxygens (including phenoxy) is 1. The molecule has 0 spiro atoms. The van der Waals surface area contributed by atoms with Crippen molar-refractivity contribution in [1.82, 2.24) is 10.2 Å². The van der Waals surface area contributed by atoms with E-state index in [2.05, 4.69) is 10.2 Å². The monoisotopic (exact) mass is 286 g/mol. The number of benzene rings is 1. The van der Waals surface area contributed by atoms with Crippen LogP contribution >= 0.6 is 0 Å². The molecular formula is C16H18N2O3. The zero-order valence-electron chi connectivity index (χ0n) is 12.6. The second-order valence-electron chi connectivity index (χ2n) is 5.10. The Morgan fingerprint density at radius 1 is 1.29 bits per heavy atom. The summed E-state index contributed by atoms with van der Waals surface area (Å²) in [6, 6.07) is 7.72. The van der Waals surface area contributed by atoms with Crippen molar-refractivity contribution in [3.05, 3.63) is 62.6 Å². The van der Waals surface area contributed by atoms with Gasteiger partial charge in [-0.25, -0.2) is 9.89 Å². The summed E-state index contributed by atoms with van der Waals surface area (Å²) in [6.45, 7) is 7.17. The van der Waals surface area contributed by atoms with E-state index in [4.69, 9.17) is 4.74 Å². The first-order chi connectivity index (χ1) is 9.90. The van der Waals surface area contributed by atoms with Gasteiger partial charge < -0.3 is 4.74 Å². The molecule has 0 saturated heterocycles. The maximum absolute atomic E-state index is 12.2. The highest BCUT2D eigenvalue weighted by atomic mass is 16.5. The zero-order chi connectivity index (χ0) is 15.6. The fraction of sp³-hybridized carbons (Fsp3) is 0.312. The molecule has 5 nitrogen and oxygen atoms in total. The van der Waals surface area contributed by atoms with Crippen molar-refractivity contribution in [3.63, 3.8) is 0 Å². The second kappa shape index (κ2) is 5.91. The number of nitrogens with one attached hydrogen (secondary N) is 1. The van der Waals surface area contributed by atoms with E-state index in [0.717, 1.165) is 11.1 Å². The standard InChI is InChI=1S/C16H18N2O3/c1-9-6-5-7-13(8-9)12(4)21-16(20)14-10(2)11(3)17-18-15(14)19/h5-8,12H,1-4H3,(H,18,19)/t12-/m0/s1. The molecule has 0 fully saturated rings. The molecule has 1 atom stereocenters. The molecule has 1 N–H and O–H groups in total. The van der Waals surface area contributed by atoms with Crippen molar-refractivity contribution in [3.8, 4) is 0 Å². The molecule has 2 aromatic rings. The van der Waals surface area contributed by atoms with Crippen molar-refractivity contribution in [2.24, 2.45) is 0 Å². The van der Waals surface area contributed by atoms with Crippen molar-refractivity contribution in [2.45, 2.75) is 33.8 Å². The van der Waals surface area contributed by atoms with Crippen LogP contribution in [0.5, 0.6) is 0 Å². The third kappa shape index (κ3) is 3.18. The van der Waals surface area contributed by atoms with E-state index in [-0.39, 0.29) is 5.56 Å². The fourth-order valence-corrected chi connectivity index (χ4v) is 2.08. The summed E-state index contributed by atoms with van der Waals surface area (Å²) >= 11 is 0. The number of hydrogen-bond acceptors (Lipinski definition) is 4. The number of carbonyl (C=O) groups excluding carboxylic acids is 1. The summed E-state index contributed by atoms with van der Waals surface area (Å²) in [7, 11) is 0. The van der Waals surface area contributed by atoms with Gasteiger partial charge in [-0.3, -0.25) is 4.79 Å². The molecule has 0 radical (unpaired) electrons. The van der Waals surface area contributed by atoms with E-state index in [1.165, 1.54) is 0 Å². The largest absolute Gasteiger partial charge is 0.454 e. The van der Waals surface area contributed by atoms with Gasteiger partial charge in [-0.1, -0.05) is 29.8 Å². The Kier molecular flexibility index (Phi) is 4.21. The van der Waals surface area contributed by atoms with Gasteiger partial charge in [0.1, 0.15) is 11.7 Å². The van der Waals surface area contributed by atoms with Crippen LogP contribution in [0.1, 0.15) is 45.8 Å². The minimum Gasteiger partial charge on any atom is -0.454 e. The van der Waals surface area contributed by atoms with Crippen molar-refractivity contribution in [1.29, 1.82) is 0 Å². The molecule has 1 aromatic heterocycles. The van der Waals surface area contributed by atoms with E-state index in [0.29, 0.717) is 11.3 Å². The zero-order valence-corrected chi connectivity index (χ0v) is 12.6. The summed E-state index contributed by atoms with van der Waals surface area (Å²) in [5, 5.41) is 6.13. The van der Waals surface area contributed by atoms with Gasteiger partial charge in [0.25, 0.3) is 5.56 Å². The number of aryl methyl sites for hydroxylation is 2. The molecule has 0 unspecified atom stereocenters. The van der Waals surface area contributed by atoms with Gasteiger partial charge in [-0.15, -0.1) is 0 Å². The average molecular weight is 286 g/mol. The third-order valence-electron chi connectivity index (χ3n) is 3.47. The van der Waals surface area contributed by atoms with E-state index >= 15 is 0 Å². The van der Waals surface area contributed by atoms with Crippen LogP contribution in [0.15, 0.2) is 29.1 Å². The molecule has 21 heavy (non-hydrogen) atoms. The summed E-state index contributed by atoms with van der Waals surface area (Å²) < 4.78 is 5.41. The van der Waals surface area contributed by atoms with E-state index < -0.39 is 17.6 Å². The first-order valence-corrected chi connectivity index (χ1v) is 6.73. The minimum atomic E-state index is -0.631. The second-order valence-corrected chi connectivity index (χ2v) is 5.10. The molecular weight excluding hydrogens is 268 g/mol. The molecule has 0 amide bonds. The van der Waals surface area contributed by atoms with Crippen LogP contribution in [0.4, 0.5) is 0 Å². The van der Waals surface area contributed by atoms with Gasteiger partial charge in [0.2, 0.25) is 0 Å². The number of aromatic amines is 1. The Hall–Kier alpha value is -2.43. The molecule has 0 saturated carbocycles. The van der Waals surface area contributed by atoms with Crippen LogP contribution in [-0.2, 0) is 4.74 Å². The lowest BCUT2D eigenvalue weighted by Crippen LogP contribution is -2.24. The molecule has 0 aliphatic heterocycles. The third-order valence-corrected chi connectivity index (χ3v) is 3.47. The number of rotatable bonds is 3. The lowest BCUT2D eigenvalue weighted by molar-refractivity contribution is 0.0334. The Bertz CT molecular complexity index is 735. The maximum atomic E-state index is 12.2. The lowest BCUT2D eigenvalue weighted by atomic mass is 10.1. The number of H-pyrrole nitrogens is 1. The Morgan fingerprint density at radius 2 is 2.00 bits per heavy atom. The maximum Gasteiger partial charge on any atom is 0.344 e. The van der Waals surface area contributed by atoms with Crippen LogP contribution in [0.2, 0.25) is 0 Å². The van der Waals surface area contributed by atoms with Gasteiger partial charge in [-0.2, -0.15) is 5.10 Å². The van der Waals surface area contributed by atoms with E-state index in [1.54, 1.807) is 20.8 Å². The first kappa shape index (κ1) is 15.0. The van der Waals surface area contributed by atoms with Crippen molar-refractivity contribution < 1.29 is 9.53 Å². The molecule has 110 valence electrons. The van der Waals surface area contributed by atoms with Gasteiger partial charge in [0, 0.05) is 0 Å². The van der Waals surface area contributed by atoms with Crippen LogP contribution in [0.3, 0.4) is 0 Å². The topological polar surface area (TPSA) is 72.0 Å². The van der Waals surface area contributed by atoms with Crippen molar-refractivity contribution in [2.75, 3.05) is 0 Å². The molecule has 1 heterocycles. The van der Waals surface area contributed by atoms with Crippen LogP contribution in [0.25, 0.3) is 0 Å². The van der Waals surface area contributed by atoms with Crippen LogP contribution in [0, 0.1) is 20.8 Å². The molecule has 5 heteroatoms. The first-order valence-electron chi connectivity index (χ1n) is 6.73. The number of esters is 1. The van der Waals surface area contributed by atoms with Crippen molar-refractivity contribution >= 4 is 5.97 Å². The molecule has 0 bridgehead atoms. The lowest BCUT2D eigenvalue weighted by Gasteiger charge is -2.15. The molecule has 0 aliphatic rings. The van der Waals surface area contributed by atoms with Gasteiger partial charge >= 0.3 is 5.97 Å². The molecule has 2 rings (SSSR count). The summed E-state index contributed by atoms with van der Waals surface area (Å²) in [4.78, 5) is 24.0. The average Bonchev–Trinajstić information content (AvgIpc) is 2.43. The number of aromatic nitrogens is 2. The quantitative estimate of drug-likeness (QED) is 0.880. The predicted molar refractivity (Wildman–Crippen MR) is 79.3 cm³/mol. The normalized spacial score (nSPS) is 12.0. The number of nitrogens with zero attached hydrogens (tertiary/aromatic N) is 1. The smallest absolute Gasteiger partial charge is 0.344 e. The summed E-state index contributed by atoms with van der Waals surface area (Å²) in [5.41, 5.74) is 2.61.